The van der Waals surface area contributed by atoms with E-state index in [1.54, 1.807) is 0 Å². The maximum atomic E-state index is 11.1. The van der Waals surface area contributed by atoms with Crippen LogP contribution in [0.3, 0.4) is 0 Å². The van der Waals surface area contributed by atoms with Gasteiger partial charge < -0.3 is 0 Å². The molecule has 150 valence electrons. The minimum atomic E-state index is 0.193. The molecule has 0 aliphatic rings. The molecule has 0 radical (unpaired) electrons. The van der Waals surface area contributed by atoms with Gasteiger partial charge in [-0.1, -0.05) is 122 Å². The van der Waals surface area contributed by atoms with Crippen LogP contribution >= 0.6 is 11.6 Å². The Morgan fingerprint density at radius 2 is 0.800 bits per heavy atom. The average molecular weight is 373 g/mol. The summed E-state index contributed by atoms with van der Waals surface area (Å²) in [7, 11) is 0. The fraction of sp³-hybridized carbons (Fsp3) is 0.957. The number of carbonyl (C=O) groups is 1. The van der Waals surface area contributed by atoms with E-state index in [1.807, 2.05) is 0 Å². The SMILES string of the molecule is CCCCCCCCCCCCCCCCCCCCCC(=O)CCl. The summed E-state index contributed by atoms with van der Waals surface area (Å²) >= 11 is 5.49. The van der Waals surface area contributed by atoms with Crippen LogP contribution in [0, 0.1) is 0 Å². The van der Waals surface area contributed by atoms with Gasteiger partial charge >= 0.3 is 0 Å². The van der Waals surface area contributed by atoms with Crippen LogP contribution in [-0.2, 0) is 4.79 Å². The van der Waals surface area contributed by atoms with E-state index in [1.165, 1.54) is 116 Å². The van der Waals surface area contributed by atoms with Crippen molar-refractivity contribution in [1.29, 1.82) is 0 Å². The highest BCUT2D eigenvalue weighted by atomic mass is 35.5. The summed E-state index contributed by atoms with van der Waals surface area (Å²) < 4.78 is 0. The smallest absolute Gasteiger partial charge is 0.147 e. The van der Waals surface area contributed by atoms with E-state index < -0.39 is 0 Å². The lowest BCUT2D eigenvalue weighted by Crippen LogP contribution is -1.98. The number of hydrogen-bond donors (Lipinski definition) is 0. The molecule has 0 atom stereocenters. The zero-order chi connectivity index (χ0) is 18.4. The van der Waals surface area contributed by atoms with Gasteiger partial charge in [0, 0.05) is 6.42 Å². The zero-order valence-electron chi connectivity index (χ0n) is 17.1. The molecule has 0 fully saturated rings. The van der Waals surface area contributed by atoms with Crippen molar-refractivity contribution in [1.82, 2.24) is 0 Å². The summed E-state index contributed by atoms with van der Waals surface area (Å²) in [6.07, 6.45) is 27.0. The van der Waals surface area contributed by atoms with E-state index in [4.69, 9.17) is 11.6 Å². The monoisotopic (exact) mass is 372 g/mol. The Balaban J connectivity index is 2.99. The van der Waals surface area contributed by atoms with Crippen molar-refractivity contribution < 1.29 is 4.79 Å². The topological polar surface area (TPSA) is 17.1 Å². The van der Waals surface area contributed by atoms with Gasteiger partial charge in [0.05, 0.1) is 5.88 Å². The molecule has 0 heterocycles. The molecule has 0 N–H and O–H groups in total. The number of alkyl halides is 1. The van der Waals surface area contributed by atoms with Crippen LogP contribution in [0.2, 0.25) is 0 Å². The maximum absolute atomic E-state index is 11.1. The molecule has 0 bridgehead atoms. The van der Waals surface area contributed by atoms with Crippen molar-refractivity contribution in [2.24, 2.45) is 0 Å². The number of unbranched alkanes of at least 4 members (excludes halogenated alkanes) is 18. The molecule has 0 aromatic heterocycles. The van der Waals surface area contributed by atoms with E-state index in [0.717, 1.165) is 6.42 Å². The van der Waals surface area contributed by atoms with Gasteiger partial charge in [-0.05, 0) is 6.42 Å². The molecule has 2 heteroatoms. The predicted octanol–water partition coefficient (Wildman–Crippen LogP) is 8.62. The summed E-state index contributed by atoms with van der Waals surface area (Å²) in [5.41, 5.74) is 0. The highest BCUT2D eigenvalue weighted by Gasteiger charge is 1.99. The molecule has 0 rings (SSSR count). The summed E-state index contributed by atoms with van der Waals surface area (Å²) in [4.78, 5) is 11.1. The molecule has 0 amide bonds. The van der Waals surface area contributed by atoms with E-state index in [-0.39, 0.29) is 11.7 Å². The Morgan fingerprint density at radius 1 is 0.520 bits per heavy atom. The van der Waals surface area contributed by atoms with Gasteiger partial charge in [0.1, 0.15) is 5.78 Å². The van der Waals surface area contributed by atoms with Crippen molar-refractivity contribution in [3.8, 4) is 0 Å². The number of Topliss-reactive ketones (excluding diaryl/α,β-unsaturated/α-hetero) is 1. The molecular formula is C23H45ClO. The van der Waals surface area contributed by atoms with Crippen LogP contribution in [0.4, 0.5) is 0 Å². The van der Waals surface area contributed by atoms with Gasteiger partial charge in [0.15, 0.2) is 0 Å². The molecule has 0 aromatic carbocycles. The van der Waals surface area contributed by atoms with Crippen LogP contribution in [-0.4, -0.2) is 11.7 Å². The third kappa shape index (κ3) is 21.9. The lowest BCUT2D eigenvalue weighted by Gasteiger charge is -2.04. The Morgan fingerprint density at radius 3 is 1.08 bits per heavy atom. The van der Waals surface area contributed by atoms with E-state index in [2.05, 4.69) is 6.92 Å². The normalized spacial score (nSPS) is 11.1. The van der Waals surface area contributed by atoms with E-state index in [0.29, 0.717) is 6.42 Å². The first-order chi connectivity index (χ1) is 12.3. The van der Waals surface area contributed by atoms with Crippen molar-refractivity contribution in [3.05, 3.63) is 0 Å². The molecule has 0 aromatic rings. The number of hydrogen-bond acceptors (Lipinski definition) is 1. The number of rotatable bonds is 21. The summed E-state index contributed by atoms with van der Waals surface area (Å²) in [5.74, 6) is 0.396. The number of ketones is 1. The first-order valence-electron chi connectivity index (χ1n) is 11.4. The molecule has 1 nitrogen and oxygen atoms in total. The van der Waals surface area contributed by atoms with Gasteiger partial charge in [-0.25, -0.2) is 0 Å². The lowest BCUT2D eigenvalue weighted by atomic mass is 10.0. The fourth-order valence-electron chi connectivity index (χ4n) is 3.47. The third-order valence-electron chi connectivity index (χ3n) is 5.21. The minimum absolute atomic E-state index is 0.193. The van der Waals surface area contributed by atoms with Crippen molar-refractivity contribution >= 4 is 17.4 Å². The van der Waals surface area contributed by atoms with Gasteiger partial charge in [-0.15, -0.1) is 11.6 Å². The van der Waals surface area contributed by atoms with Crippen LogP contribution in [0.15, 0.2) is 0 Å². The molecular weight excluding hydrogens is 328 g/mol. The van der Waals surface area contributed by atoms with Crippen molar-refractivity contribution in [3.63, 3.8) is 0 Å². The second-order valence-corrected chi connectivity index (χ2v) is 8.05. The van der Waals surface area contributed by atoms with Crippen LogP contribution in [0.5, 0.6) is 0 Å². The molecule has 0 saturated carbocycles. The van der Waals surface area contributed by atoms with Crippen LogP contribution in [0.25, 0.3) is 0 Å². The number of halogens is 1. The van der Waals surface area contributed by atoms with Crippen LogP contribution in [0.1, 0.15) is 135 Å². The second-order valence-electron chi connectivity index (χ2n) is 7.79. The first kappa shape index (κ1) is 25.0. The molecule has 0 aliphatic heterocycles. The largest absolute Gasteiger partial charge is 0.298 e. The predicted molar refractivity (Wildman–Crippen MR) is 114 cm³/mol. The van der Waals surface area contributed by atoms with Gasteiger partial charge in [-0.2, -0.15) is 0 Å². The van der Waals surface area contributed by atoms with Gasteiger partial charge in [0.25, 0.3) is 0 Å². The lowest BCUT2D eigenvalue weighted by molar-refractivity contribution is -0.116. The second kappa shape index (κ2) is 22.0. The molecule has 0 saturated heterocycles. The molecule has 0 spiro atoms. The fourth-order valence-corrected chi connectivity index (χ4v) is 3.60. The third-order valence-corrected chi connectivity index (χ3v) is 5.51. The van der Waals surface area contributed by atoms with Crippen LogP contribution < -0.4 is 0 Å². The first-order valence-corrected chi connectivity index (χ1v) is 11.9. The number of carbonyl (C=O) groups excluding carboxylic acids is 1. The Labute approximate surface area is 163 Å². The molecule has 0 aliphatic carbocycles. The van der Waals surface area contributed by atoms with Crippen molar-refractivity contribution in [2.45, 2.75) is 135 Å². The van der Waals surface area contributed by atoms with Gasteiger partial charge in [0.2, 0.25) is 0 Å². The quantitative estimate of drug-likeness (QED) is 0.145. The maximum Gasteiger partial charge on any atom is 0.147 e. The summed E-state index contributed by atoms with van der Waals surface area (Å²) in [6.45, 7) is 2.29. The summed E-state index contributed by atoms with van der Waals surface area (Å²) in [6, 6.07) is 0. The van der Waals surface area contributed by atoms with E-state index in [9.17, 15) is 4.79 Å². The molecule has 25 heavy (non-hydrogen) atoms. The minimum Gasteiger partial charge on any atom is -0.298 e. The standard InChI is InChI=1S/C23H45ClO/c1-2-3-4-5-6-7-8-9-10-11-12-13-14-15-16-17-18-19-20-21-23(25)22-24/h2-22H2,1H3. The highest BCUT2D eigenvalue weighted by molar-refractivity contribution is 6.27. The zero-order valence-corrected chi connectivity index (χ0v) is 17.9. The Hall–Kier alpha value is -0.0400. The van der Waals surface area contributed by atoms with E-state index >= 15 is 0 Å². The molecule has 0 unspecified atom stereocenters. The highest BCUT2D eigenvalue weighted by Crippen LogP contribution is 2.14. The van der Waals surface area contributed by atoms with Crippen molar-refractivity contribution in [2.75, 3.05) is 5.88 Å². The Bertz CT molecular complexity index is 265. The average Bonchev–Trinajstić information content (AvgIpc) is 2.63. The Kier molecular flexibility index (Phi) is 22.0. The summed E-state index contributed by atoms with van der Waals surface area (Å²) in [5, 5.41) is 0. The van der Waals surface area contributed by atoms with Gasteiger partial charge in [-0.3, -0.25) is 4.79 Å².